The molecule has 0 spiro atoms. The summed E-state index contributed by atoms with van der Waals surface area (Å²) in [7, 11) is 0. The number of rotatable bonds is 6. The number of hydrogen-bond donors (Lipinski definition) is 0. The minimum atomic E-state index is -5.12. The lowest BCUT2D eigenvalue weighted by Gasteiger charge is -2.20. The largest absolute Gasteiger partial charge is 0.417 e. The molecular weight excluding hydrogens is 865 g/mol. The maximum absolute atomic E-state index is 14.9. The zero-order chi connectivity index (χ0) is 47.1. The third kappa shape index (κ3) is 7.17. The highest BCUT2D eigenvalue weighted by atomic mass is 19.4. The fourth-order valence-electron chi connectivity index (χ4n) is 9.80. The first kappa shape index (κ1) is 42.3. The Morgan fingerprint density at radius 1 is 0.397 bits per heavy atom. The molecule has 2 heterocycles. The van der Waals surface area contributed by atoms with Gasteiger partial charge in [0.2, 0.25) is 0 Å². The number of fused-ring (bicyclic) bond motifs is 6. The van der Waals surface area contributed by atoms with Crippen molar-refractivity contribution in [2.45, 2.75) is 26.2 Å². The average molecular weight is 902 g/mol. The van der Waals surface area contributed by atoms with E-state index in [9.17, 15) is 31.6 Å². The zero-order valence-corrected chi connectivity index (χ0v) is 36.5. The number of hydrogen-bond acceptors (Lipinski definition) is 1. The molecule has 9 aromatic carbocycles. The van der Waals surface area contributed by atoms with Crippen molar-refractivity contribution in [3.8, 4) is 62.0 Å². The van der Waals surface area contributed by atoms with Crippen molar-refractivity contribution in [3.05, 3.63) is 216 Å². The van der Waals surface area contributed by atoms with Gasteiger partial charge in [0.25, 0.3) is 0 Å². The summed E-state index contributed by atoms with van der Waals surface area (Å²) >= 11 is 0. The van der Waals surface area contributed by atoms with Gasteiger partial charge in [0.1, 0.15) is 0 Å². The zero-order valence-electron chi connectivity index (χ0n) is 36.5. The van der Waals surface area contributed by atoms with Gasteiger partial charge in [-0.05, 0) is 126 Å². The molecule has 3 nitrogen and oxygen atoms in total. The lowest BCUT2D eigenvalue weighted by molar-refractivity contribution is -0.142. The molecule has 0 saturated carbocycles. The van der Waals surface area contributed by atoms with E-state index in [1.165, 1.54) is 6.07 Å². The van der Waals surface area contributed by atoms with Crippen LogP contribution in [0.3, 0.4) is 0 Å². The molecule has 68 heavy (non-hydrogen) atoms. The topological polar surface area (TPSA) is 33.6 Å². The Balaban J connectivity index is 1.19. The first-order valence-corrected chi connectivity index (χ1v) is 21.9. The number of para-hydroxylation sites is 2. The molecule has 11 aromatic rings. The van der Waals surface area contributed by atoms with Gasteiger partial charge in [-0.1, -0.05) is 120 Å². The van der Waals surface area contributed by atoms with Crippen LogP contribution in [0.4, 0.5) is 26.3 Å². The fourth-order valence-corrected chi connectivity index (χ4v) is 9.80. The number of aryl methyl sites for hydroxylation is 2. The van der Waals surface area contributed by atoms with Crippen LogP contribution in [0.1, 0.15) is 27.8 Å². The number of aromatic nitrogens is 2. The molecule has 9 heteroatoms. The molecule has 2 aromatic heterocycles. The molecule has 0 unspecified atom stereocenters. The van der Waals surface area contributed by atoms with Crippen LogP contribution in [0.15, 0.2) is 188 Å². The Hall–Kier alpha value is -8.35. The molecule has 330 valence electrons. The predicted molar refractivity (Wildman–Crippen MR) is 261 cm³/mol. The summed E-state index contributed by atoms with van der Waals surface area (Å²) in [5, 5.41) is 14.7. The van der Waals surface area contributed by atoms with E-state index in [1.807, 2.05) is 96.4 Å². The molecule has 0 atom stereocenters. The summed E-state index contributed by atoms with van der Waals surface area (Å²) in [6.07, 6.45) is -10.1. The Morgan fingerprint density at radius 3 is 1.51 bits per heavy atom. The number of benzene rings is 9. The highest BCUT2D eigenvalue weighted by Gasteiger charge is 2.38. The van der Waals surface area contributed by atoms with E-state index in [0.717, 1.165) is 83.1 Å². The summed E-state index contributed by atoms with van der Waals surface area (Å²) < 4.78 is 90.5. The van der Waals surface area contributed by atoms with Gasteiger partial charge < -0.3 is 9.13 Å². The predicted octanol–water partition coefficient (Wildman–Crippen LogP) is 17.1. The molecule has 0 radical (unpaired) electrons. The van der Waals surface area contributed by atoms with Gasteiger partial charge in [0.05, 0.1) is 50.5 Å². The molecular formula is C59H37F6N3. The third-order valence-corrected chi connectivity index (χ3v) is 12.9. The second-order valence-electron chi connectivity index (χ2n) is 17.2. The van der Waals surface area contributed by atoms with Crippen LogP contribution in [0.5, 0.6) is 0 Å². The molecule has 0 N–H and O–H groups in total. The minimum Gasteiger partial charge on any atom is -0.309 e. The SMILES string of the molecule is Cc1cccc(-c2ccc3c(c2)c2ccccc2n3-c2ccc(C#N)c(-c3cc(-c4ccc(C(F)(F)F)cc4C(F)(F)F)ccc3-n3c4ccccc4c4cc(-c5cccc(C)c5)ccc43)c2)c1. The number of nitriles is 1. The molecule has 11 rings (SSSR count). The van der Waals surface area contributed by atoms with Gasteiger partial charge in [-0.2, -0.15) is 31.6 Å². The summed E-state index contributed by atoms with van der Waals surface area (Å²) in [5.41, 5.74) is 8.94. The van der Waals surface area contributed by atoms with E-state index in [-0.39, 0.29) is 17.2 Å². The van der Waals surface area contributed by atoms with Crippen molar-refractivity contribution in [2.75, 3.05) is 0 Å². The molecule has 0 aliphatic rings. The van der Waals surface area contributed by atoms with E-state index in [0.29, 0.717) is 28.6 Å². The molecule has 0 fully saturated rings. The second-order valence-corrected chi connectivity index (χ2v) is 17.2. The van der Waals surface area contributed by atoms with Crippen LogP contribution in [0.25, 0.3) is 99.5 Å². The smallest absolute Gasteiger partial charge is 0.309 e. The van der Waals surface area contributed by atoms with E-state index in [2.05, 4.69) is 78.2 Å². The van der Waals surface area contributed by atoms with Crippen molar-refractivity contribution in [3.63, 3.8) is 0 Å². The van der Waals surface area contributed by atoms with Crippen LogP contribution in [-0.2, 0) is 12.4 Å². The molecule has 0 saturated heterocycles. The van der Waals surface area contributed by atoms with Crippen molar-refractivity contribution < 1.29 is 26.3 Å². The van der Waals surface area contributed by atoms with Crippen LogP contribution in [0, 0.1) is 25.2 Å². The molecule has 0 aliphatic heterocycles. The monoisotopic (exact) mass is 901 g/mol. The lowest BCUT2D eigenvalue weighted by Crippen LogP contribution is -2.12. The third-order valence-electron chi connectivity index (χ3n) is 12.9. The van der Waals surface area contributed by atoms with Crippen molar-refractivity contribution in [2.24, 2.45) is 0 Å². The van der Waals surface area contributed by atoms with Crippen LogP contribution >= 0.6 is 0 Å². The average Bonchev–Trinajstić information content (AvgIpc) is 3.85. The quantitative estimate of drug-likeness (QED) is 0.153. The highest BCUT2D eigenvalue weighted by Crippen LogP contribution is 2.45. The van der Waals surface area contributed by atoms with E-state index in [1.54, 1.807) is 18.2 Å². The van der Waals surface area contributed by atoms with Gasteiger partial charge in [0.15, 0.2) is 0 Å². The Labute approximate surface area is 387 Å². The van der Waals surface area contributed by atoms with Gasteiger partial charge in [0, 0.05) is 38.4 Å². The van der Waals surface area contributed by atoms with Crippen molar-refractivity contribution in [1.82, 2.24) is 9.13 Å². The van der Waals surface area contributed by atoms with Crippen LogP contribution in [0.2, 0.25) is 0 Å². The van der Waals surface area contributed by atoms with Crippen LogP contribution < -0.4 is 0 Å². The van der Waals surface area contributed by atoms with Crippen molar-refractivity contribution in [1.29, 1.82) is 5.26 Å². The first-order valence-electron chi connectivity index (χ1n) is 21.9. The molecule has 0 aliphatic carbocycles. The molecule has 0 amide bonds. The number of nitrogens with zero attached hydrogens (tertiary/aromatic N) is 3. The van der Waals surface area contributed by atoms with E-state index in [4.69, 9.17) is 0 Å². The normalized spacial score (nSPS) is 12.1. The molecule has 0 bridgehead atoms. The summed E-state index contributed by atoms with van der Waals surface area (Å²) in [6, 6.07) is 59.2. The van der Waals surface area contributed by atoms with Gasteiger partial charge in [-0.3, -0.25) is 0 Å². The van der Waals surface area contributed by atoms with Gasteiger partial charge in [-0.25, -0.2) is 0 Å². The number of halogens is 6. The van der Waals surface area contributed by atoms with Gasteiger partial charge in [-0.15, -0.1) is 0 Å². The Bertz CT molecular complexity index is 3880. The minimum absolute atomic E-state index is 0.0298. The standard InChI is InChI=1S/C59H37F6N3/c1-35-9-7-11-37(27-35)39-18-24-55-49(29-39)46-13-3-5-15-53(46)67(55)44-22-17-42(34-66)48(33-44)51-31-41(45-23-21-43(58(60,61)62)32-52(45)59(63,64)65)20-26-57(51)68-54-16-6-4-14-47(54)50-30-40(19-25-56(50)68)38-12-8-10-36(2)28-38/h3-33H,1-2H3. The summed E-state index contributed by atoms with van der Waals surface area (Å²) in [4.78, 5) is 0. The lowest BCUT2D eigenvalue weighted by atomic mass is 9.91. The van der Waals surface area contributed by atoms with E-state index >= 15 is 0 Å². The first-order chi connectivity index (χ1) is 32.7. The Morgan fingerprint density at radius 2 is 0.941 bits per heavy atom. The summed E-state index contributed by atoms with van der Waals surface area (Å²) in [6.45, 7) is 4.09. The highest BCUT2D eigenvalue weighted by molar-refractivity contribution is 6.12. The fraction of sp³-hybridized carbons (Fsp3) is 0.0678. The van der Waals surface area contributed by atoms with E-state index < -0.39 is 29.0 Å². The van der Waals surface area contributed by atoms with Gasteiger partial charge >= 0.3 is 12.4 Å². The Kier molecular flexibility index (Phi) is 9.90. The number of alkyl halides is 6. The maximum Gasteiger partial charge on any atom is 0.417 e. The second kappa shape index (κ2) is 15.9. The summed E-state index contributed by atoms with van der Waals surface area (Å²) in [5.74, 6) is 0. The maximum atomic E-state index is 14.9. The van der Waals surface area contributed by atoms with Crippen LogP contribution in [-0.4, -0.2) is 9.13 Å². The van der Waals surface area contributed by atoms with Crippen molar-refractivity contribution >= 4 is 43.6 Å².